The summed E-state index contributed by atoms with van der Waals surface area (Å²) in [4.78, 5) is 42.0. The second-order valence-electron chi connectivity index (χ2n) is 8.24. The highest BCUT2D eigenvalue weighted by molar-refractivity contribution is 9.10. The first-order valence-corrected chi connectivity index (χ1v) is 12.2. The van der Waals surface area contributed by atoms with Crippen LogP contribution in [0.2, 0.25) is 0 Å². The van der Waals surface area contributed by atoms with Crippen LogP contribution in [-0.4, -0.2) is 48.3 Å². The quantitative estimate of drug-likeness (QED) is 0.356. The van der Waals surface area contributed by atoms with Gasteiger partial charge in [0.25, 0.3) is 11.5 Å². The molecule has 1 heterocycles. The Hall–Kier alpha value is -3.64. The Balaban J connectivity index is 1.82. The molecule has 9 nitrogen and oxygen atoms in total. The zero-order chi connectivity index (χ0) is 28.0. The van der Waals surface area contributed by atoms with E-state index in [-0.39, 0.29) is 46.9 Å². The molecule has 0 saturated carbocycles. The lowest BCUT2D eigenvalue weighted by molar-refractivity contribution is -0.152. The fraction of sp³-hybridized carbons (Fsp3) is 0.308. The van der Waals surface area contributed by atoms with E-state index >= 15 is 0 Å². The van der Waals surface area contributed by atoms with Gasteiger partial charge in [-0.3, -0.25) is 14.2 Å². The van der Waals surface area contributed by atoms with Crippen molar-refractivity contribution in [3.05, 3.63) is 85.4 Å². The van der Waals surface area contributed by atoms with Crippen LogP contribution in [0.5, 0.6) is 5.88 Å². The van der Waals surface area contributed by atoms with Gasteiger partial charge in [-0.05, 0) is 59.6 Å². The topological polar surface area (TPSA) is 109 Å². The second kappa shape index (κ2) is 12.7. The van der Waals surface area contributed by atoms with Gasteiger partial charge in [0.1, 0.15) is 28.5 Å². The standard InChI is InChI=1S/C26H26BrF2N3O6/c1-14-5-6-16(23(33)30-10-9-21(36-3)26(35)37-4)11-20(14)32-15(2)31-24(22(27)25(32)34)38-13-17-7-8-18(28)12-19(17)29/h5-8,11-12,21H,9-10,13H2,1-4H3,(H,30,33)/t21-/m0/s1. The molecule has 0 aliphatic carbocycles. The number of aromatic nitrogens is 2. The van der Waals surface area contributed by atoms with Crippen LogP contribution < -0.4 is 15.6 Å². The van der Waals surface area contributed by atoms with Crippen molar-refractivity contribution in [2.45, 2.75) is 33.0 Å². The largest absolute Gasteiger partial charge is 0.472 e. The van der Waals surface area contributed by atoms with E-state index < -0.39 is 35.2 Å². The third kappa shape index (κ3) is 6.62. The number of ether oxygens (including phenoxy) is 3. The van der Waals surface area contributed by atoms with Crippen LogP contribution >= 0.6 is 15.9 Å². The Morgan fingerprint density at radius 2 is 1.87 bits per heavy atom. The van der Waals surface area contributed by atoms with Gasteiger partial charge in [0.2, 0.25) is 5.88 Å². The number of nitrogens with zero attached hydrogens (tertiary/aromatic N) is 2. The monoisotopic (exact) mass is 593 g/mol. The molecule has 0 unspecified atom stereocenters. The van der Waals surface area contributed by atoms with Gasteiger partial charge in [0.05, 0.1) is 12.8 Å². The van der Waals surface area contributed by atoms with E-state index in [0.717, 1.165) is 12.1 Å². The molecule has 0 saturated heterocycles. The molecule has 0 spiro atoms. The lowest BCUT2D eigenvalue weighted by Crippen LogP contribution is -2.32. The lowest BCUT2D eigenvalue weighted by atomic mass is 10.1. The third-order valence-corrected chi connectivity index (χ3v) is 6.38. The predicted octanol–water partition coefficient (Wildman–Crippen LogP) is 3.78. The summed E-state index contributed by atoms with van der Waals surface area (Å²) in [6, 6.07) is 7.95. The van der Waals surface area contributed by atoms with Crippen LogP contribution in [0.15, 0.2) is 45.7 Å². The number of amides is 1. The Bertz CT molecular complexity index is 1410. The van der Waals surface area contributed by atoms with Crippen LogP contribution in [0.4, 0.5) is 8.78 Å². The molecule has 202 valence electrons. The van der Waals surface area contributed by atoms with Crippen molar-refractivity contribution in [2.75, 3.05) is 20.8 Å². The Morgan fingerprint density at radius 3 is 2.53 bits per heavy atom. The fourth-order valence-electron chi connectivity index (χ4n) is 3.62. The molecule has 1 N–H and O–H groups in total. The van der Waals surface area contributed by atoms with Gasteiger partial charge in [-0.1, -0.05) is 6.07 Å². The lowest BCUT2D eigenvalue weighted by Gasteiger charge is -2.16. The highest BCUT2D eigenvalue weighted by Gasteiger charge is 2.20. The number of rotatable bonds is 10. The van der Waals surface area contributed by atoms with E-state index in [1.165, 1.54) is 24.9 Å². The minimum absolute atomic E-state index is 0.00621. The summed E-state index contributed by atoms with van der Waals surface area (Å²) in [7, 11) is 2.63. The first-order valence-electron chi connectivity index (χ1n) is 11.4. The molecule has 1 amide bonds. The van der Waals surface area contributed by atoms with Crippen LogP contribution in [-0.2, 0) is 20.9 Å². The van der Waals surface area contributed by atoms with Crippen molar-refractivity contribution in [2.24, 2.45) is 0 Å². The Morgan fingerprint density at radius 1 is 1.13 bits per heavy atom. The molecule has 1 aromatic heterocycles. The van der Waals surface area contributed by atoms with Gasteiger partial charge in [-0.2, -0.15) is 4.98 Å². The molecule has 0 fully saturated rings. The fourth-order valence-corrected chi connectivity index (χ4v) is 4.00. The average molecular weight is 594 g/mol. The summed E-state index contributed by atoms with van der Waals surface area (Å²) >= 11 is 3.21. The van der Waals surface area contributed by atoms with Crippen LogP contribution in [0.1, 0.15) is 33.7 Å². The molecule has 38 heavy (non-hydrogen) atoms. The molecule has 12 heteroatoms. The van der Waals surface area contributed by atoms with E-state index in [1.807, 2.05) is 0 Å². The second-order valence-corrected chi connectivity index (χ2v) is 9.03. The Kier molecular flexibility index (Phi) is 9.70. The normalized spacial score (nSPS) is 11.7. The van der Waals surface area contributed by atoms with Gasteiger partial charge in [0.15, 0.2) is 6.10 Å². The molecule has 0 aliphatic heterocycles. The van der Waals surface area contributed by atoms with Gasteiger partial charge in [-0.15, -0.1) is 0 Å². The van der Waals surface area contributed by atoms with Gasteiger partial charge in [-0.25, -0.2) is 13.6 Å². The summed E-state index contributed by atoms with van der Waals surface area (Å²) < 4.78 is 43.7. The number of benzene rings is 2. The SMILES string of the molecule is COC(=O)[C@H](CCNC(=O)c1ccc(C)c(-n2c(C)nc(OCc3ccc(F)cc3F)c(Br)c2=O)c1)OC. The number of aryl methyl sites for hydroxylation is 2. The minimum Gasteiger partial charge on any atom is -0.472 e. The molecule has 3 rings (SSSR count). The van der Waals surface area contributed by atoms with E-state index in [2.05, 4.69) is 31.0 Å². The maximum absolute atomic E-state index is 14.0. The van der Waals surface area contributed by atoms with Crippen molar-refractivity contribution in [3.8, 4) is 11.6 Å². The summed E-state index contributed by atoms with van der Waals surface area (Å²) in [6.07, 6.45) is -0.592. The van der Waals surface area contributed by atoms with Gasteiger partial charge >= 0.3 is 5.97 Å². The smallest absolute Gasteiger partial charge is 0.335 e. The third-order valence-electron chi connectivity index (χ3n) is 5.70. The van der Waals surface area contributed by atoms with Crippen molar-refractivity contribution >= 4 is 27.8 Å². The highest BCUT2D eigenvalue weighted by Crippen LogP contribution is 2.24. The summed E-state index contributed by atoms with van der Waals surface area (Å²) in [5.41, 5.74) is 1.00. The number of nitrogens with one attached hydrogen (secondary N) is 1. The van der Waals surface area contributed by atoms with Gasteiger partial charge < -0.3 is 19.5 Å². The number of hydrogen-bond donors (Lipinski definition) is 1. The van der Waals surface area contributed by atoms with Crippen LogP contribution in [0.25, 0.3) is 5.69 Å². The number of carbonyl (C=O) groups is 2. The van der Waals surface area contributed by atoms with Crippen molar-refractivity contribution in [1.82, 2.24) is 14.9 Å². The first kappa shape index (κ1) is 28.9. The summed E-state index contributed by atoms with van der Waals surface area (Å²) in [6.45, 7) is 3.25. The predicted molar refractivity (Wildman–Crippen MR) is 137 cm³/mol. The maximum Gasteiger partial charge on any atom is 0.335 e. The number of methoxy groups -OCH3 is 2. The van der Waals surface area contributed by atoms with Crippen molar-refractivity contribution in [1.29, 1.82) is 0 Å². The zero-order valence-electron chi connectivity index (χ0n) is 21.1. The van der Waals surface area contributed by atoms with E-state index in [4.69, 9.17) is 9.47 Å². The molecule has 1 atom stereocenters. The average Bonchev–Trinajstić information content (AvgIpc) is 2.89. The van der Waals surface area contributed by atoms with E-state index in [0.29, 0.717) is 11.3 Å². The van der Waals surface area contributed by atoms with Crippen LogP contribution in [0, 0.1) is 25.5 Å². The van der Waals surface area contributed by atoms with Gasteiger partial charge in [0, 0.05) is 37.3 Å². The number of hydrogen-bond acceptors (Lipinski definition) is 7. The van der Waals surface area contributed by atoms with E-state index in [9.17, 15) is 23.2 Å². The molecular formula is C26H26BrF2N3O6. The zero-order valence-corrected chi connectivity index (χ0v) is 22.7. The van der Waals surface area contributed by atoms with E-state index in [1.54, 1.807) is 32.0 Å². The summed E-state index contributed by atoms with van der Waals surface area (Å²) in [5, 5.41) is 2.72. The molecule has 2 aromatic carbocycles. The molecular weight excluding hydrogens is 568 g/mol. The number of halogens is 3. The number of esters is 1. The molecule has 0 aliphatic rings. The highest BCUT2D eigenvalue weighted by atomic mass is 79.9. The van der Waals surface area contributed by atoms with Crippen LogP contribution in [0.3, 0.4) is 0 Å². The Labute approximate surface area is 225 Å². The number of carbonyl (C=O) groups excluding carboxylic acids is 2. The molecule has 0 bridgehead atoms. The molecule has 3 aromatic rings. The summed E-state index contributed by atoms with van der Waals surface area (Å²) in [5.74, 6) is -2.24. The van der Waals surface area contributed by atoms with Crippen molar-refractivity contribution < 1.29 is 32.6 Å². The maximum atomic E-state index is 14.0. The molecule has 0 radical (unpaired) electrons. The van der Waals surface area contributed by atoms with Crippen molar-refractivity contribution in [3.63, 3.8) is 0 Å². The first-order chi connectivity index (χ1) is 18.1. The minimum atomic E-state index is -0.807.